The van der Waals surface area contributed by atoms with Gasteiger partial charge < -0.3 is 20.6 Å². The van der Waals surface area contributed by atoms with Crippen molar-refractivity contribution in [2.45, 2.75) is 112 Å². The highest BCUT2D eigenvalue weighted by Crippen LogP contribution is 2.58. The van der Waals surface area contributed by atoms with E-state index >= 15 is 0 Å². The highest BCUT2D eigenvalue weighted by atomic mass is 32.2. The summed E-state index contributed by atoms with van der Waals surface area (Å²) in [6, 6.07) is -0.300. The van der Waals surface area contributed by atoms with Crippen LogP contribution in [0, 0.1) is 28.6 Å². The summed E-state index contributed by atoms with van der Waals surface area (Å²) >= 11 is 1.55. The first kappa shape index (κ1) is 31.8. The molecule has 1 heterocycles. The van der Waals surface area contributed by atoms with Gasteiger partial charge in [-0.3, -0.25) is 9.59 Å². The lowest BCUT2D eigenvalue weighted by Gasteiger charge is -2.35. The Morgan fingerprint density at radius 1 is 1.11 bits per heavy atom. The van der Waals surface area contributed by atoms with Crippen LogP contribution in [0.15, 0.2) is 34.1 Å². The van der Waals surface area contributed by atoms with E-state index in [1.807, 2.05) is 39.2 Å². The summed E-state index contributed by atoms with van der Waals surface area (Å²) in [6.45, 7) is 18.9. The second-order valence-corrected chi connectivity index (χ2v) is 13.6. The van der Waals surface area contributed by atoms with Gasteiger partial charge >= 0.3 is 0 Å². The minimum absolute atomic E-state index is 0.0465. The molecule has 6 nitrogen and oxygen atoms in total. The van der Waals surface area contributed by atoms with Crippen molar-refractivity contribution in [3.8, 4) is 0 Å². The Kier molecular flexibility index (Phi) is 10.9. The predicted molar refractivity (Wildman–Crippen MR) is 152 cm³/mol. The monoisotopic (exact) mass is 535 g/mol. The molecule has 1 aliphatic heterocycles. The lowest BCUT2D eigenvalue weighted by molar-refractivity contribution is -0.143. The molecule has 210 valence electrons. The molecule has 1 saturated heterocycles. The Bertz CT molecular complexity index is 925. The summed E-state index contributed by atoms with van der Waals surface area (Å²) in [5.41, 5.74) is 0.593. The average Bonchev–Trinajstić information content (AvgIpc) is 3.32. The molecule has 1 saturated carbocycles. The minimum Gasteiger partial charge on any atom is -0.392 e. The zero-order valence-electron chi connectivity index (χ0n) is 24.0. The summed E-state index contributed by atoms with van der Waals surface area (Å²) in [5, 5.41) is 37.8. The van der Waals surface area contributed by atoms with Crippen molar-refractivity contribution >= 4 is 23.5 Å². The molecule has 37 heavy (non-hydrogen) atoms. The minimum atomic E-state index is -1.19. The molecule has 4 N–H and O–H groups in total. The van der Waals surface area contributed by atoms with Crippen molar-refractivity contribution in [2.75, 3.05) is 0 Å². The Labute approximate surface area is 228 Å². The van der Waals surface area contributed by atoms with E-state index in [-0.39, 0.29) is 41.4 Å². The molecule has 7 heteroatoms. The van der Waals surface area contributed by atoms with Crippen LogP contribution >= 0.6 is 11.8 Å². The van der Waals surface area contributed by atoms with Crippen molar-refractivity contribution in [1.29, 1.82) is 0 Å². The number of rotatable bonds is 4. The topological polar surface area (TPSA) is 107 Å². The summed E-state index contributed by atoms with van der Waals surface area (Å²) < 4.78 is 0. The van der Waals surface area contributed by atoms with E-state index in [0.29, 0.717) is 6.42 Å². The number of ketones is 1. The largest absolute Gasteiger partial charge is 0.392 e. The van der Waals surface area contributed by atoms with Crippen LogP contribution in [0.4, 0.5) is 0 Å². The quantitative estimate of drug-likeness (QED) is 0.372. The summed E-state index contributed by atoms with van der Waals surface area (Å²) in [7, 11) is 0. The van der Waals surface area contributed by atoms with Gasteiger partial charge in [-0.15, -0.1) is 11.8 Å². The number of aliphatic hydroxyl groups is 3. The van der Waals surface area contributed by atoms with Gasteiger partial charge in [-0.1, -0.05) is 59.3 Å². The van der Waals surface area contributed by atoms with Crippen LogP contribution in [0.1, 0.15) is 87.5 Å². The smallest absolute Gasteiger partial charge is 0.223 e. The number of allylic oxidation sites excluding steroid dienone is 3. The van der Waals surface area contributed by atoms with Crippen molar-refractivity contribution < 1.29 is 24.9 Å². The highest BCUT2D eigenvalue weighted by molar-refractivity contribution is 8.05. The zero-order valence-corrected chi connectivity index (χ0v) is 24.8. The van der Waals surface area contributed by atoms with E-state index in [1.54, 1.807) is 32.5 Å². The van der Waals surface area contributed by atoms with E-state index in [9.17, 15) is 24.9 Å². The first-order valence-corrected chi connectivity index (χ1v) is 14.4. The summed E-state index contributed by atoms with van der Waals surface area (Å²) in [5.74, 6) is -1.28. The van der Waals surface area contributed by atoms with Gasteiger partial charge in [0.25, 0.3) is 0 Å². The normalized spacial score (nSPS) is 38.5. The molecule has 2 fully saturated rings. The second kappa shape index (κ2) is 12.6. The molecule has 0 bridgehead atoms. The Morgan fingerprint density at radius 2 is 1.73 bits per heavy atom. The zero-order chi connectivity index (χ0) is 28.3. The molecule has 2 rings (SSSR count). The number of aliphatic hydroxyl groups excluding tert-OH is 3. The van der Waals surface area contributed by atoms with Crippen LogP contribution in [0.2, 0.25) is 0 Å². The van der Waals surface area contributed by atoms with Gasteiger partial charge in [0.05, 0.1) is 36.2 Å². The van der Waals surface area contributed by atoms with Crippen LogP contribution in [0.25, 0.3) is 0 Å². The molecular weight excluding hydrogens is 486 g/mol. The van der Waals surface area contributed by atoms with Gasteiger partial charge in [-0.2, -0.15) is 0 Å². The third-order valence-corrected chi connectivity index (χ3v) is 9.69. The van der Waals surface area contributed by atoms with Crippen molar-refractivity contribution in [2.24, 2.45) is 28.6 Å². The third kappa shape index (κ3) is 7.81. The third-order valence-electron chi connectivity index (χ3n) is 8.80. The number of hydrogen-bond donors (Lipinski definition) is 4. The maximum atomic E-state index is 13.3. The number of carbonyl (C=O) groups is 2. The number of carbonyl (C=O) groups excluding carboxylic acids is 2. The number of nitrogens with one attached hydrogen (secondary N) is 1. The standard InChI is InChI=1S/C30H49NO5S/c1-17(2)37-16-18(3)13-20(5)23-14-22-28(36)30(22,9)12-10-11-19(4)26(34)21(6)27(35)29(7,8)24(32)15-25(33)31-23/h13,16,19,21-24,26,28,32,34,36H,1,10-12,14-15H2,2-9H3,(H,31,33)/b18-16+,20-13+/t19-,21+,22?,23-,24-,26-,28-,30+/m0/s1. The van der Waals surface area contributed by atoms with Gasteiger partial charge in [0, 0.05) is 5.92 Å². The first-order chi connectivity index (χ1) is 17.0. The van der Waals surface area contributed by atoms with Crippen molar-refractivity contribution in [1.82, 2.24) is 5.32 Å². The Morgan fingerprint density at radius 3 is 2.32 bits per heavy atom. The van der Waals surface area contributed by atoms with Crippen molar-refractivity contribution in [3.63, 3.8) is 0 Å². The molecule has 2 aliphatic rings. The average molecular weight is 536 g/mol. The SMILES string of the molecule is C=C(C)S/C=C(C)/C=C(\C)[C@@H]1CC2[C@H](O)[C@]2(C)CCC[C@H](C)[C@H](O)[C@@H](C)C(=O)C(C)(C)[C@@H](O)CC(=O)N1. The predicted octanol–water partition coefficient (Wildman–Crippen LogP) is 5.14. The van der Waals surface area contributed by atoms with E-state index in [1.165, 1.54) is 0 Å². The van der Waals surface area contributed by atoms with Crippen LogP contribution in [0.3, 0.4) is 0 Å². The first-order valence-electron chi connectivity index (χ1n) is 13.6. The number of hydrogen-bond acceptors (Lipinski definition) is 6. The van der Waals surface area contributed by atoms with E-state index < -0.39 is 29.6 Å². The molecule has 1 unspecified atom stereocenters. The molecule has 0 aromatic heterocycles. The van der Waals surface area contributed by atoms with E-state index in [2.05, 4.69) is 18.8 Å². The molecule has 1 amide bonds. The van der Waals surface area contributed by atoms with Gasteiger partial charge in [0.2, 0.25) is 5.91 Å². The number of amides is 1. The fourth-order valence-electron chi connectivity index (χ4n) is 5.72. The molecule has 8 atom stereocenters. The number of thioether (sulfide) groups is 1. The van der Waals surface area contributed by atoms with Crippen molar-refractivity contribution in [3.05, 3.63) is 34.1 Å². The van der Waals surface area contributed by atoms with Gasteiger partial charge in [0.15, 0.2) is 0 Å². The Balaban J connectivity index is 2.37. The van der Waals surface area contributed by atoms with E-state index in [0.717, 1.165) is 35.3 Å². The molecular formula is C30H49NO5S. The lowest BCUT2D eigenvalue weighted by atomic mass is 9.72. The Hall–Kier alpha value is -1.41. The summed E-state index contributed by atoms with van der Waals surface area (Å²) in [6.07, 6.45) is 2.36. The maximum absolute atomic E-state index is 13.3. The van der Waals surface area contributed by atoms with Crippen LogP contribution < -0.4 is 5.32 Å². The van der Waals surface area contributed by atoms with Crippen LogP contribution in [-0.2, 0) is 9.59 Å². The second-order valence-electron chi connectivity index (χ2n) is 12.4. The number of fused-ring (bicyclic) bond motifs is 1. The fourth-order valence-corrected chi connectivity index (χ4v) is 6.18. The van der Waals surface area contributed by atoms with Crippen LogP contribution in [0.5, 0.6) is 0 Å². The van der Waals surface area contributed by atoms with Gasteiger partial charge in [-0.25, -0.2) is 0 Å². The molecule has 1 aliphatic carbocycles. The number of Topliss-reactive ketones (excluding diaryl/α,β-unsaturated/α-hetero) is 1. The fraction of sp³-hybridized carbons (Fsp3) is 0.733. The molecule has 0 aromatic rings. The summed E-state index contributed by atoms with van der Waals surface area (Å²) in [4.78, 5) is 27.4. The molecule has 0 spiro atoms. The highest BCUT2D eigenvalue weighted by Gasteiger charge is 2.60. The lowest BCUT2D eigenvalue weighted by Crippen LogP contribution is -2.47. The van der Waals surface area contributed by atoms with Crippen LogP contribution in [-0.4, -0.2) is 51.4 Å². The maximum Gasteiger partial charge on any atom is 0.223 e. The van der Waals surface area contributed by atoms with Gasteiger partial charge in [-0.05, 0) is 73.2 Å². The van der Waals surface area contributed by atoms with E-state index in [4.69, 9.17) is 0 Å². The molecule has 0 radical (unpaired) electrons. The molecule has 0 aromatic carbocycles. The van der Waals surface area contributed by atoms with Gasteiger partial charge in [0.1, 0.15) is 5.78 Å².